The molecule has 0 amide bonds. The van der Waals surface area contributed by atoms with E-state index in [9.17, 15) is 9.59 Å². The first-order valence-electron chi connectivity index (χ1n) is 12.7. The Hall–Kier alpha value is -4.19. The Morgan fingerprint density at radius 3 is 2.74 bits per heavy atom. The molecule has 0 fully saturated rings. The van der Waals surface area contributed by atoms with Crippen LogP contribution in [0.1, 0.15) is 49.9 Å². The minimum atomic E-state index is -0.422. The van der Waals surface area contributed by atoms with Crippen LogP contribution >= 0.6 is 0 Å². The van der Waals surface area contributed by atoms with Gasteiger partial charge in [0.05, 0.1) is 31.0 Å². The fourth-order valence-electron chi connectivity index (χ4n) is 4.64. The molecule has 1 aliphatic heterocycles. The van der Waals surface area contributed by atoms with E-state index in [2.05, 4.69) is 32.3 Å². The maximum Gasteiger partial charge on any atom is 0.327 e. The number of fused-ring (bicyclic) bond motifs is 2. The van der Waals surface area contributed by atoms with Crippen LogP contribution in [0.2, 0.25) is 0 Å². The number of furan rings is 1. The number of nitrogens with one attached hydrogen (secondary N) is 1. The van der Waals surface area contributed by atoms with Gasteiger partial charge in [0, 0.05) is 23.6 Å². The van der Waals surface area contributed by atoms with E-state index in [4.69, 9.17) is 18.6 Å². The maximum atomic E-state index is 13.2. The summed E-state index contributed by atoms with van der Waals surface area (Å²) in [5, 5.41) is 13.0. The average Bonchev–Trinajstić information content (AvgIpc) is 3.59. The van der Waals surface area contributed by atoms with Gasteiger partial charge in [-0.25, -0.2) is 4.68 Å². The third kappa shape index (κ3) is 5.54. The Morgan fingerprint density at radius 1 is 1.18 bits per heavy atom. The number of H-pyrrole nitrogens is 1. The van der Waals surface area contributed by atoms with E-state index >= 15 is 0 Å². The molecule has 4 heterocycles. The lowest BCUT2D eigenvalue weighted by Crippen LogP contribution is -2.33. The number of nitrogens with zero attached hydrogens (tertiary/aromatic N) is 5. The number of ether oxygens (including phenoxy) is 3. The highest BCUT2D eigenvalue weighted by Gasteiger charge is 2.28. The maximum absolute atomic E-state index is 13.2. The molecule has 5 rings (SSSR count). The zero-order chi connectivity index (χ0) is 26.5. The van der Waals surface area contributed by atoms with E-state index in [1.165, 1.54) is 4.68 Å². The van der Waals surface area contributed by atoms with E-state index in [1.807, 2.05) is 24.3 Å². The highest BCUT2D eigenvalue weighted by Crippen LogP contribution is 2.34. The number of hydrogen-bond donors (Lipinski definition) is 1. The Balaban J connectivity index is 1.51. The van der Waals surface area contributed by atoms with Crippen molar-refractivity contribution in [1.82, 2.24) is 30.1 Å². The molecule has 0 aliphatic carbocycles. The molecule has 0 unspecified atom stereocenters. The third-order valence-corrected chi connectivity index (χ3v) is 6.34. The van der Waals surface area contributed by atoms with Crippen molar-refractivity contribution in [3.05, 3.63) is 64.1 Å². The molecule has 0 saturated heterocycles. The summed E-state index contributed by atoms with van der Waals surface area (Å²) in [5.74, 6) is 2.09. The fraction of sp³-hybridized carbons (Fsp3) is 0.423. The largest absolute Gasteiger partial charge is 0.486 e. The second-order valence-corrected chi connectivity index (χ2v) is 9.00. The van der Waals surface area contributed by atoms with Gasteiger partial charge in [-0.2, -0.15) is 0 Å². The van der Waals surface area contributed by atoms with Gasteiger partial charge in [-0.3, -0.25) is 14.5 Å². The fourth-order valence-corrected chi connectivity index (χ4v) is 4.64. The molecular weight excluding hydrogens is 492 g/mol. The van der Waals surface area contributed by atoms with Crippen molar-refractivity contribution in [3.8, 4) is 11.5 Å². The van der Waals surface area contributed by atoms with Gasteiger partial charge in [-0.15, -0.1) is 5.10 Å². The lowest BCUT2D eigenvalue weighted by atomic mass is 10.1. The highest BCUT2D eigenvalue weighted by molar-refractivity contribution is 5.83. The second-order valence-electron chi connectivity index (χ2n) is 9.00. The molecule has 4 aromatic rings. The van der Waals surface area contributed by atoms with Crippen LogP contribution in [0.3, 0.4) is 0 Å². The van der Waals surface area contributed by atoms with E-state index in [-0.39, 0.29) is 31.3 Å². The highest BCUT2D eigenvalue weighted by atomic mass is 16.6. The summed E-state index contributed by atoms with van der Waals surface area (Å²) in [4.78, 5) is 30.5. The molecule has 200 valence electrons. The van der Waals surface area contributed by atoms with Crippen LogP contribution in [-0.2, 0) is 29.2 Å². The minimum absolute atomic E-state index is 0.102. The molecule has 12 nitrogen and oxygen atoms in total. The summed E-state index contributed by atoms with van der Waals surface area (Å²) in [6, 6.07) is 8.94. The van der Waals surface area contributed by atoms with Crippen molar-refractivity contribution >= 4 is 16.9 Å². The number of benzene rings is 1. The third-order valence-electron chi connectivity index (χ3n) is 6.34. The van der Waals surface area contributed by atoms with Gasteiger partial charge >= 0.3 is 5.97 Å². The van der Waals surface area contributed by atoms with Gasteiger partial charge in [0.25, 0.3) is 5.56 Å². The van der Waals surface area contributed by atoms with Gasteiger partial charge in [0.1, 0.15) is 25.5 Å². The van der Waals surface area contributed by atoms with Crippen LogP contribution in [0.4, 0.5) is 0 Å². The number of carbonyl (C=O) groups excluding carboxylic acids is 1. The number of aromatic amines is 1. The standard InChI is InChI=1S/C26H30N6O6/c1-3-6-21(25-28-29-30-32(25)16-24(33)35-4-2)31(15-19-7-5-8-36-19)14-18-11-17-12-22-23(38-10-9-37-22)13-20(17)27-26(18)34/h5,7-8,11-13,21H,3-4,6,9-10,14-16H2,1-2H3,(H,27,34)/t21-/m1/s1. The Kier molecular flexibility index (Phi) is 7.68. The van der Waals surface area contributed by atoms with Crippen LogP contribution in [-0.4, -0.2) is 55.9 Å². The normalized spacial score (nSPS) is 13.7. The number of hydrogen-bond acceptors (Lipinski definition) is 10. The van der Waals surface area contributed by atoms with Crippen LogP contribution in [0.25, 0.3) is 10.9 Å². The first-order valence-corrected chi connectivity index (χ1v) is 12.7. The quantitative estimate of drug-likeness (QED) is 0.293. The number of tetrazole rings is 1. The molecule has 1 N–H and O–H groups in total. The number of pyridine rings is 1. The van der Waals surface area contributed by atoms with Crippen LogP contribution in [0.15, 0.2) is 45.8 Å². The van der Waals surface area contributed by atoms with Crippen LogP contribution < -0.4 is 15.0 Å². The molecule has 0 bridgehead atoms. The molecule has 3 aromatic heterocycles. The monoisotopic (exact) mass is 522 g/mol. The number of aromatic nitrogens is 5. The zero-order valence-electron chi connectivity index (χ0n) is 21.4. The number of esters is 1. The van der Waals surface area contributed by atoms with Crippen LogP contribution in [0, 0.1) is 0 Å². The first-order chi connectivity index (χ1) is 18.6. The van der Waals surface area contributed by atoms with E-state index in [0.717, 1.165) is 17.6 Å². The van der Waals surface area contributed by atoms with Crippen molar-refractivity contribution < 1.29 is 23.4 Å². The minimum Gasteiger partial charge on any atom is -0.486 e. The smallest absolute Gasteiger partial charge is 0.327 e. The van der Waals surface area contributed by atoms with Gasteiger partial charge in [0.15, 0.2) is 17.3 Å². The molecule has 0 saturated carbocycles. The van der Waals surface area contributed by atoms with Crippen LogP contribution in [0.5, 0.6) is 11.5 Å². The second kappa shape index (κ2) is 11.5. The van der Waals surface area contributed by atoms with Crippen molar-refractivity contribution in [2.24, 2.45) is 0 Å². The molecule has 1 aromatic carbocycles. The molecule has 0 radical (unpaired) electrons. The molecule has 1 aliphatic rings. The predicted octanol–water partition coefficient (Wildman–Crippen LogP) is 2.99. The van der Waals surface area contributed by atoms with Crippen molar-refractivity contribution in [2.45, 2.75) is 52.4 Å². The van der Waals surface area contributed by atoms with E-state index in [0.29, 0.717) is 54.6 Å². The van der Waals surface area contributed by atoms with Gasteiger partial charge in [0.2, 0.25) is 0 Å². The van der Waals surface area contributed by atoms with Crippen molar-refractivity contribution in [2.75, 3.05) is 19.8 Å². The lowest BCUT2D eigenvalue weighted by Gasteiger charge is -2.30. The average molecular weight is 523 g/mol. The Morgan fingerprint density at radius 2 is 2.00 bits per heavy atom. The summed E-state index contributed by atoms with van der Waals surface area (Å²) in [7, 11) is 0. The molecule has 12 heteroatoms. The Labute approximate surface area is 218 Å². The molecular formula is C26H30N6O6. The molecule has 0 spiro atoms. The molecule has 38 heavy (non-hydrogen) atoms. The number of rotatable bonds is 11. The number of carbonyl (C=O) groups is 1. The summed E-state index contributed by atoms with van der Waals surface area (Å²) in [5.41, 5.74) is 1.02. The van der Waals surface area contributed by atoms with Gasteiger partial charge < -0.3 is 23.6 Å². The lowest BCUT2D eigenvalue weighted by molar-refractivity contribution is -0.144. The zero-order valence-corrected chi connectivity index (χ0v) is 21.4. The van der Waals surface area contributed by atoms with E-state index in [1.54, 1.807) is 19.3 Å². The summed E-state index contributed by atoms with van der Waals surface area (Å²) < 4.78 is 23.6. The first kappa shape index (κ1) is 25.5. The summed E-state index contributed by atoms with van der Waals surface area (Å²) >= 11 is 0. The topological polar surface area (TPSA) is 138 Å². The summed E-state index contributed by atoms with van der Waals surface area (Å²) in [6.07, 6.45) is 3.12. The van der Waals surface area contributed by atoms with Gasteiger partial charge in [-0.05, 0) is 48.0 Å². The van der Waals surface area contributed by atoms with Gasteiger partial charge in [-0.1, -0.05) is 13.3 Å². The van der Waals surface area contributed by atoms with Crippen molar-refractivity contribution in [1.29, 1.82) is 0 Å². The predicted molar refractivity (Wildman–Crippen MR) is 136 cm³/mol. The summed E-state index contributed by atoms with van der Waals surface area (Å²) in [6.45, 7) is 5.62. The molecule has 1 atom stereocenters. The Bertz CT molecular complexity index is 1450. The SMILES string of the molecule is CCC[C@H](c1nnnn1CC(=O)OCC)N(Cc1ccco1)Cc1cc2cc3c(cc2[nH]c1=O)OCCO3. The van der Waals surface area contributed by atoms with E-state index < -0.39 is 5.97 Å². The van der Waals surface area contributed by atoms with Crippen molar-refractivity contribution in [3.63, 3.8) is 0 Å².